The largest absolute Gasteiger partial charge is 0.478 e. The molecule has 0 spiro atoms. The number of rotatable bonds is 2. The molecule has 2 atom stereocenters. The zero-order valence-corrected chi connectivity index (χ0v) is 8.80. The highest BCUT2D eigenvalue weighted by Crippen LogP contribution is 2.33. The molecule has 1 saturated heterocycles. The monoisotopic (exact) mass is 210 g/mol. The fourth-order valence-corrected chi connectivity index (χ4v) is 1.91. The lowest BCUT2D eigenvalue weighted by Gasteiger charge is -2.08. The van der Waals surface area contributed by atoms with Crippen LogP contribution in [0.25, 0.3) is 0 Å². The van der Waals surface area contributed by atoms with E-state index in [4.69, 9.17) is 9.84 Å². The minimum atomic E-state index is -0.943. The molecule has 1 aromatic heterocycles. The van der Waals surface area contributed by atoms with Crippen molar-refractivity contribution in [2.75, 3.05) is 0 Å². The Morgan fingerprint density at radius 2 is 2.40 bits per heavy atom. The van der Waals surface area contributed by atoms with Gasteiger partial charge >= 0.3 is 5.97 Å². The molecule has 1 N–H and O–H groups in total. The number of carboxylic acid groups (broad SMARTS) is 1. The van der Waals surface area contributed by atoms with Gasteiger partial charge in [-0.05, 0) is 19.8 Å². The predicted molar refractivity (Wildman–Crippen MR) is 52.7 cm³/mol. The van der Waals surface area contributed by atoms with E-state index in [9.17, 15) is 4.79 Å². The summed E-state index contributed by atoms with van der Waals surface area (Å²) in [5.41, 5.74) is 0.797. The normalized spacial score (nSPS) is 25.7. The summed E-state index contributed by atoms with van der Waals surface area (Å²) in [7, 11) is 1.72. The Bertz CT molecular complexity index is 386. The molecule has 0 saturated carbocycles. The van der Waals surface area contributed by atoms with Gasteiger partial charge < -0.3 is 9.84 Å². The molecule has 1 aliphatic rings. The maximum atomic E-state index is 11.0. The molecule has 1 aliphatic heterocycles. The SMILES string of the molecule is C[C@@H]1CC[C@H](c2nn(C)cc2C(=O)O)O1. The van der Waals surface area contributed by atoms with E-state index in [1.807, 2.05) is 6.92 Å². The molecule has 2 heterocycles. The van der Waals surface area contributed by atoms with E-state index >= 15 is 0 Å². The smallest absolute Gasteiger partial charge is 0.339 e. The predicted octanol–water partition coefficient (Wildman–Crippen LogP) is 1.36. The van der Waals surface area contributed by atoms with E-state index < -0.39 is 5.97 Å². The summed E-state index contributed by atoms with van der Waals surface area (Å²) in [4.78, 5) is 11.0. The van der Waals surface area contributed by atoms with Crippen molar-refractivity contribution in [3.8, 4) is 0 Å². The lowest BCUT2D eigenvalue weighted by molar-refractivity contribution is 0.0499. The Labute approximate surface area is 87.7 Å². The maximum Gasteiger partial charge on any atom is 0.339 e. The average molecular weight is 210 g/mol. The molecular formula is C10H14N2O3. The molecule has 2 rings (SSSR count). The summed E-state index contributed by atoms with van der Waals surface area (Å²) >= 11 is 0. The molecule has 0 aliphatic carbocycles. The van der Waals surface area contributed by atoms with Crippen molar-refractivity contribution in [2.24, 2.45) is 7.05 Å². The van der Waals surface area contributed by atoms with E-state index in [2.05, 4.69) is 5.10 Å². The summed E-state index contributed by atoms with van der Waals surface area (Å²) in [6.07, 6.45) is 3.36. The molecule has 0 aromatic carbocycles. The number of hydrogen-bond acceptors (Lipinski definition) is 3. The number of ether oxygens (including phenoxy) is 1. The van der Waals surface area contributed by atoms with Crippen molar-refractivity contribution < 1.29 is 14.6 Å². The van der Waals surface area contributed by atoms with Gasteiger partial charge in [-0.3, -0.25) is 4.68 Å². The number of carboxylic acids is 1. The van der Waals surface area contributed by atoms with Crippen molar-refractivity contribution >= 4 is 5.97 Å². The summed E-state index contributed by atoms with van der Waals surface area (Å²) in [6, 6.07) is 0. The van der Waals surface area contributed by atoms with Crippen LogP contribution in [0.5, 0.6) is 0 Å². The van der Waals surface area contributed by atoms with Gasteiger partial charge in [0.1, 0.15) is 17.4 Å². The molecule has 0 unspecified atom stereocenters. The third-order valence-electron chi connectivity index (χ3n) is 2.62. The van der Waals surface area contributed by atoms with Crippen LogP contribution in [0.1, 0.15) is 41.9 Å². The number of aryl methyl sites for hydroxylation is 1. The first-order valence-electron chi connectivity index (χ1n) is 5.00. The van der Waals surface area contributed by atoms with Gasteiger partial charge in [0, 0.05) is 13.2 Å². The maximum absolute atomic E-state index is 11.0. The van der Waals surface area contributed by atoms with Crippen LogP contribution in [-0.4, -0.2) is 27.0 Å². The van der Waals surface area contributed by atoms with Gasteiger partial charge in [0.15, 0.2) is 0 Å². The van der Waals surface area contributed by atoms with Gasteiger partial charge in [-0.2, -0.15) is 5.10 Å². The third-order valence-corrected chi connectivity index (χ3v) is 2.62. The Morgan fingerprint density at radius 3 is 2.93 bits per heavy atom. The van der Waals surface area contributed by atoms with Crippen LogP contribution in [0, 0.1) is 0 Å². The Balaban J connectivity index is 2.30. The second kappa shape index (κ2) is 3.66. The van der Waals surface area contributed by atoms with Gasteiger partial charge in [0.25, 0.3) is 0 Å². The lowest BCUT2D eigenvalue weighted by atomic mass is 10.1. The minimum absolute atomic E-state index is 0.160. The van der Waals surface area contributed by atoms with E-state index in [-0.39, 0.29) is 17.8 Å². The average Bonchev–Trinajstić information content (AvgIpc) is 2.71. The molecule has 0 bridgehead atoms. The highest BCUT2D eigenvalue weighted by atomic mass is 16.5. The molecule has 1 fully saturated rings. The number of aromatic carboxylic acids is 1. The standard InChI is InChI=1S/C10H14N2O3/c1-6-3-4-8(15-6)9-7(10(13)14)5-12(2)11-9/h5-6,8H,3-4H2,1-2H3,(H,13,14)/t6-,8-/m1/s1. The second-order valence-electron chi connectivity index (χ2n) is 3.92. The van der Waals surface area contributed by atoms with Crippen molar-refractivity contribution in [1.29, 1.82) is 0 Å². The van der Waals surface area contributed by atoms with Crippen molar-refractivity contribution in [3.05, 3.63) is 17.5 Å². The quantitative estimate of drug-likeness (QED) is 0.800. The Kier molecular flexibility index (Phi) is 2.48. The van der Waals surface area contributed by atoms with Gasteiger partial charge in [0.2, 0.25) is 0 Å². The second-order valence-corrected chi connectivity index (χ2v) is 3.92. The summed E-state index contributed by atoms with van der Waals surface area (Å²) in [5, 5.41) is 13.2. The zero-order chi connectivity index (χ0) is 11.0. The van der Waals surface area contributed by atoms with Crippen LogP contribution in [0.2, 0.25) is 0 Å². The van der Waals surface area contributed by atoms with Crippen LogP contribution in [0.3, 0.4) is 0 Å². The van der Waals surface area contributed by atoms with Crippen LogP contribution in [-0.2, 0) is 11.8 Å². The van der Waals surface area contributed by atoms with Gasteiger partial charge in [-0.1, -0.05) is 0 Å². The van der Waals surface area contributed by atoms with E-state index in [0.717, 1.165) is 12.8 Å². The first-order valence-corrected chi connectivity index (χ1v) is 5.00. The molecule has 5 nitrogen and oxygen atoms in total. The van der Waals surface area contributed by atoms with Crippen LogP contribution in [0.4, 0.5) is 0 Å². The van der Waals surface area contributed by atoms with E-state index in [0.29, 0.717) is 5.69 Å². The fourth-order valence-electron chi connectivity index (χ4n) is 1.91. The highest BCUT2D eigenvalue weighted by Gasteiger charge is 2.29. The lowest BCUT2D eigenvalue weighted by Crippen LogP contribution is -2.07. The summed E-state index contributed by atoms with van der Waals surface area (Å²) < 4.78 is 7.13. The van der Waals surface area contributed by atoms with Gasteiger partial charge in [0.05, 0.1) is 6.10 Å². The fraction of sp³-hybridized carbons (Fsp3) is 0.600. The molecule has 1 aromatic rings. The Morgan fingerprint density at radius 1 is 1.67 bits per heavy atom. The summed E-state index contributed by atoms with van der Waals surface area (Å²) in [5.74, 6) is -0.943. The Hall–Kier alpha value is -1.36. The summed E-state index contributed by atoms with van der Waals surface area (Å²) in [6.45, 7) is 1.99. The molecule has 0 amide bonds. The number of carbonyl (C=O) groups is 1. The van der Waals surface area contributed by atoms with Crippen molar-refractivity contribution in [2.45, 2.75) is 32.0 Å². The minimum Gasteiger partial charge on any atom is -0.478 e. The molecule has 15 heavy (non-hydrogen) atoms. The molecule has 0 radical (unpaired) electrons. The van der Waals surface area contributed by atoms with Gasteiger partial charge in [-0.25, -0.2) is 4.79 Å². The van der Waals surface area contributed by atoms with Crippen molar-refractivity contribution in [1.82, 2.24) is 9.78 Å². The van der Waals surface area contributed by atoms with Crippen LogP contribution in [0.15, 0.2) is 6.20 Å². The highest BCUT2D eigenvalue weighted by molar-refractivity contribution is 5.88. The molecular weight excluding hydrogens is 196 g/mol. The first-order chi connectivity index (χ1) is 7.08. The first kappa shape index (κ1) is 10.2. The van der Waals surface area contributed by atoms with Gasteiger partial charge in [-0.15, -0.1) is 0 Å². The van der Waals surface area contributed by atoms with E-state index in [1.54, 1.807) is 7.05 Å². The molecule has 5 heteroatoms. The third kappa shape index (κ3) is 1.87. The molecule has 82 valence electrons. The zero-order valence-electron chi connectivity index (χ0n) is 8.80. The number of hydrogen-bond donors (Lipinski definition) is 1. The van der Waals surface area contributed by atoms with Crippen LogP contribution >= 0.6 is 0 Å². The topological polar surface area (TPSA) is 64.4 Å². The van der Waals surface area contributed by atoms with Crippen LogP contribution < -0.4 is 0 Å². The van der Waals surface area contributed by atoms with Crippen molar-refractivity contribution in [3.63, 3.8) is 0 Å². The number of nitrogens with zero attached hydrogens (tertiary/aromatic N) is 2. The number of aromatic nitrogens is 2. The van der Waals surface area contributed by atoms with E-state index in [1.165, 1.54) is 10.9 Å².